The SMILES string of the molecule is Cc1cn(CC(=O)Nc2cccnn2)nc1C. The largest absolute Gasteiger partial charge is 0.308 e. The molecule has 17 heavy (non-hydrogen) atoms. The molecule has 0 saturated carbocycles. The highest BCUT2D eigenvalue weighted by Crippen LogP contribution is 2.03. The Morgan fingerprint density at radius 3 is 2.88 bits per heavy atom. The van der Waals surface area contributed by atoms with Crippen LogP contribution in [-0.2, 0) is 11.3 Å². The van der Waals surface area contributed by atoms with Gasteiger partial charge < -0.3 is 5.32 Å². The first-order valence-corrected chi connectivity index (χ1v) is 5.23. The average Bonchev–Trinajstić information content (AvgIpc) is 2.59. The highest BCUT2D eigenvalue weighted by Gasteiger charge is 2.06. The molecule has 0 aliphatic heterocycles. The first-order valence-electron chi connectivity index (χ1n) is 5.23. The van der Waals surface area contributed by atoms with Crippen LogP contribution in [0.3, 0.4) is 0 Å². The molecule has 0 saturated heterocycles. The molecular weight excluding hydrogens is 218 g/mol. The van der Waals surface area contributed by atoms with Gasteiger partial charge >= 0.3 is 0 Å². The molecule has 0 aliphatic carbocycles. The maximum absolute atomic E-state index is 11.7. The zero-order valence-electron chi connectivity index (χ0n) is 9.71. The Morgan fingerprint density at radius 1 is 1.47 bits per heavy atom. The summed E-state index contributed by atoms with van der Waals surface area (Å²) in [5.74, 6) is 0.270. The van der Waals surface area contributed by atoms with E-state index in [2.05, 4.69) is 20.6 Å². The second-order valence-electron chi connectivity index (χ2n) is 3.75. The Balaban J connectivity index is 1.98. The number of anilines is 1. The summed E-state index contributed by atoms with van der Waals surface area (Å²) >= 11 is 0. The molecule has 6 nitrogen and oxygen atoms in total. The maximum Gasteiger partial charge on any atom is 0.247 e. The van der Waals surface area contributed by atoms with Gasteiger partial charge in [-0.2, -0.15) is 10.2 Å². The van der Waals surface area contributed by atoms with Crippen LogP contribution in [0, 0.1) is 13.8 Å². The van der Waals surface area contributed by atoms with Crippen LogP contribution in [0.5, 0.6) is 0 Å². The van der Waals surface area contributed by atoms with Gasteiger partial charge in [-0.25, -0.2) is 0 Å². The second kappa shape index (κ2) is 4.73. The molecule has 0 fully saturated rings. The van der Waals surface area contributed by atoms with Crippen molar-refractivity contribution in [1.82, 2.24) is 20.0 Å². The topological polar surface area (TPSA) is 72.7 Å². The van der Waals surface area contributed by atoms with Crippen LogP contribution in [-0.4, -0.2) is 25.9 Å². The van der Waals surface area contributed by atoms with Crippen molar-refractivity contribution in [3.8, 4) is 0 Å². The highest BCUT2D eigenvalue weighted by molar-refractivity contribution is 5.89. The van der Waals surface area contributed by atoms with Gasteiger partial charge in [-0.05, 0) is 31.5 Å². The van der Waals surface area contributed by atoms with Crippen molar-refractivity contribution in [2.75, 3.05) is 5.32 Å². The van der Waals surface area contributed by atoms with E-state index >= 15 is 0 Å². The van der Waals surface area contributed by atoms with Gasteiger partial charge in [0, 0.05) is 12.4 Å². The first-order chi connectivity index (χ1) is 8.15. The van der Waals surface area contributed by atoms with E-state index in [1.165, 1.54) is 0 Å². The van der Waals surface area contributed by atoms with E-state index in [1.807, 2.05) is 20.0 Å². The number of nitrogens with zero attached hydrogens (tertiary/aromatic N) is 4. The highest BCUT2D eigenvalue weighted by atomic mass is 16.2. The molecule has 0 aliphatic rings. The van der Waals surface area contributed by atoms with Crippen LogP contribution >= 0.6 is 0 Å². The van der Waals surface area contributed by atoms with Gasteiger partial charge in [0.25, 0.3) is 0 Å². The van der Waals surface area contributed by atoms with E-state index in [9.17, 15) is 4.79 Å². The zero-order chi connectivity index (χ0) is 12.3. The molecule has 0 aromatic carbocycles. The van der Waals surface area contributed by atoms with Gasteiger partial charge in [0.15, 0.2) is 5.82 Å². The van der Waals surface area contributed by atoms with Gasteiger partial charge in [-0.15, -0.1) is 5.10 Å². The monoisotopic (exact) mass is 231 g/mol. The Kier molecular flexibility index (Phi) is 3.13. The van der Waals surface area contributed by atoms with E-state index in [0.29, 0.717) is 5.82 Å². The number of aryl methyl sites for hydroxylation is 2. The summed E-state index contributed by atoms with van der Waals surface area (Å²) in [7, 11) is 0. The maximum atomic E-state index is 11.7. The van der Waals surface area contributed by atoms with Gasteiger partial charge in [0.1, 0.15) is 6.54 Å². The molecule has 2 aromatic heterocycles. The quantitative estimate of drug-likeness (QED) is 0.852. The summed E-state index contributed by atoms with van der Waals surface area (Å²) in [6.45, 7) is 4.04. The van der Waals surface area contributed by atoms with E-state index in [1.54, 1.807) is 23.0 Å². The fraction of sp³-hybridized carbons (Fsp3) is 0.273. The molecule has 0 spiro atoms. The Labute approximate surface area is 98.7 Å². The third-order valence-electron chi connectivity index (χ3n) is 2.34. The lowest BCUT2D eigenvalue weighted by Gasteiger charge is -2.03. The fourth-order valence-electron chi connectivity index (χ4n) is 1.40. The second-order valence-corrected chi connectivity index (χ2v) is 3.75. The molecule has 2 rings (SSSR count). The van der Waals surface area contributed by atoms with E-state index in [-0.39, 0.29) is 12.5 Å². The lowest BCUT2D eigenvalue weighted by molar-refractivity contribution is -0.116. The zero-order valence-corrected chi connectivity index (χ0v) is 9.71. The number of carbonyl (C=O) groups excluding carboxylic acids is 1. The summed E-state index contributed by atoms with van der Waals surface area (Å²) in [4.78, 5) is 11.7. The normalized spacial score (nSPS) is 10.2. The summed E-state index contributed by atoms with van der Waals surface area (Å²) in [5, 5.41) is 14.3. The number of carbonyl (C=O) groups is 1. The van der Waals surface area contributed by atoms with Gasteiger partial charge in [0.2, 0.25) is 5.91 Å². The Morgan fingerprint density at radius 2 is 2.29 bits per heavy atom. The van der Waals surface area contributed by atoms with Gasteiger partial charge in [-0.1, -0.05) is 0 Å². The number of nitrogens with one attached hydrogen (secondary N) is 1. The fourth-order valence-corrected chi connectivity index (χ4v) is 1.40. The average molecular weight is 231 g/mol. The van der Waals surface area contributed by atoms with Crippen LogP contribution in [0.15, 0.2) is 24.5 Å². The van der Waals surface area contributed by atoms with E-state index < -0.39 is 0 Å². The molecule has 0 atom stereocenters. The lowest BCUT2D eigenvalue weighted by Crippen LogP contribution is -2.19. The minimum atomic E-state index is -0.173. The number of aromatic nitrogens is 4. The van der Waals surface area contributed by atoms with Crippen LogP contribution in [0.25, 0.3) is 0 Å². The number of hydrogen-bond donors (Lipinski definition) is 1. The predicted molar refractivity (Wildman–Crippen MR) is 62.4 cm³/mol. The van der Waals surface area contributed by atoms with Crippen molar-refractivity contribution < 1.29 is 4.79 Å². The van der Waals surface area contributed by atoms with Crippen molar-refractivity contribution in [3.05, 3.63) is 35.8 Å². The number of hydrogen-bond acceptors (Lipinski definition) is 4. The standard InChI is InChI=1S/C11H13N5O/c1-8-6-16(15-9(8)2)7-11(17)13-10-4-3-5-12-14-10/h3-6H,7H2,1-2H3,(H,13,14,17). The Hall–Kier alpha value is -2.24. The number of rotatable bonds is 3. The minimum Gasteiger partial charge on any atom is -0.308 e. The van der Waals surface area contributed by atoms with Gasteiger partial charge in [-0.3, -0.25) is 9.48 Å². The molecule has 0 radical (unpaired) electrons. The summed E-state index contributed by atoms with van der Waals surface area (Å²) in [5.41, 5.74) is 2.00. The number of amides is 1. The van der Waals surface area contributed by atoms with E-state index in [4.69, 9.17) is 0 Å². The summed E-state index contributed by atoms with van der Waals surface area (Å²) in [6.07, 6.45) is 3.39. The van der Waals surface area contributed by atoms with Crippen molar-refractivity contribution in [2.45, 2.75) is 20.4 Å². The predicted octanol–water partition coefficient (Wildman–Crippen LogP) is 0.929. The van der Waals surface area contributed by atoms with Crippen LogP contribution in [0.1, 0.15) is 11.3 Å². The smallest absolute Gasteiger partial charge is 0.247 e. The molecule has 2 aromatic rings. The molecule has 0 bridgehead atoms. The van der Waals surface area contributed by atoms with Crippen molar-refractivity contribution in [3.63, 3.8) is 0 Å². The van der Waals surface area contributed by atoms with Gasteiger partial charge in [0.05, 0.1) is 5.69 Å². The molecule has 2 heterocycles. The van der Waals surface area contributed by atoms with Crippen LogP contribution in [0.4, 0.5) is 5.82 Å². The van der Waals surface area contributed by atoms with E-state index in [0.717, 1.165) is 11.3 Å². The molecule has 6 heteroatoms. The molecule has 1 amide bonds. The summed E-state index contributed by atoms with van der Waals surface area (Å²) in [6, 6.07) is 3.40. The van der Waals surface area contributed by atoms with Crippen molar-refractivity contribution >= 4 is 11.7 Å². The molecule has 88 valence electrons. The van der Waals surface area contributed by atoms with Crippen LogP contribution < -0.4 is 5.32 Å². The molecule has 1 N–H and O–H groups in total. The van der Waals surface area contributed by atoms with Crippen LogP contribution in [0.2, 0.25) is 0 Å². The third-order valence-corrected chi connectivity index (χ3v) is 2.34. The first kappa shape index (κ1) is 11.3. The third kappa shape index (κ3) is 2.87. The lowest BCUT2D eigenvalue weighted by atomic mass is 10.3. The molecular formula is C11H13N5O. The van der Waals surface area contributed by atoms with Crippen molar-refractivity contribution in [1.29, 1.82) is 0 Å². The molecule has 0 unspecified atom stereocenters. The Bertz CT molecular complexity index is 500. The minimum absolute atomic E-state index is 0.172. The van der Waals surface area contributed by atoms with Crippen molar-refractivity contribution in [2.24, 2.45) is 0 Å². The summed E-state index contributed by atoms with van der Waals surface area (Å²) < 4.78 is 1.61.